The molecular weight excluding hydrogens is 292 g/mol. The third-order valence-electron chi connectivity index (χ3n) is 3.35. The Labute approximate surface area is 126 Å². The van der Waals surface area contributed by atoms with E-state index in [-0.39, 0.29) is 5.91 Å². The van der Waals surface area contributed by atoms with E-state index < -0.39 is 0 Å². The molecule has 21 heavy (non-hydrogen) atoms. The SMILES string of the molecule is O=C(CCc1nn2cnnc2s1)NCCN1CCOCC1. The van der Waals surface area contributed by atoms with Gasteiger partial charge in [0, 0.05) is 39.0 Å². The first-order valence-corrected chi connectivity index (χ1v) is 7.85. The largest absolute Gasteiger partial charge is 0.379 e. The Morgan fingerprint density at radius 3 is 3.10 bits per heavy atom. The first-order chi connectivity index (χ1) is 10.3. The summed E-state index contributed by atoms with van der Waals surface area (Å²) < 4.78 is 6.92. The number of ether oxygens (including phenoxy) is 1. The number of amides is 1. The molecule has 2 aromatic rings. The van der Waals surface area contributed by atoms with Crippen LogP contribution in [0.1, 0.15) is 11.4 Å². The van der Waals surface area contributed by atoms with Crippen LogP contribution in [0, 0.1) is 0 Å². The van der Waals surface area contributed by atoms with Gasteiger partial charge in [0.15, 0.2) is 0 Å². The third-order valence-corrected chi connectivity index (χ3v) is 4.32. The van der Waals surface area contributed by atoms with Crippen LogP contribution in [-0.2, 0) is 16.0 Å². The van der Waals surface area contributed by atoms with Crippen molar-refractivity contribution < 1.29 is 9.53 Å². The molecule has 1 aliphatic heterocycles. The average molecular weight is 310 g/mol. The summed E-state index contributed by atoms with van der Waals surface area (Å²) >= 11 is 1.47. The van der Waals surface area contributed by atoms with Crippen LogP contribution in [-0.4, -0.2) is 70.0 Å². The van der Waals surface area contributed by atoms with Gasteiger partial charge in [-0.1, -0.05) is 11.3 Å². The molecule has 8 nitrogen and oxygen atoms in total. The highest BCUT2D eigenvalue weighted by molar-refractivity contribution is 7.16. The molecule has 1 fully saturated rings. The van der Waals surface area contributed by atoms with E-state index in [4.69, 9.17) is 4.74 Å². The Morgan fingerprint density at radius 2 is 2.29 bits per heavy atom. The second-order valence-corrected chi connectivity index (χ2v) is 5.90. The van der Waals surface area contributed by atoms with Crippen molar-refractivity contribution in [2.45, 2.75) is 12.8 Å². The number of nitrogens with zero attached hydrogens (tertiary/aromatic N) is 5. The zero-order chi connectivity index (χ0) is 14.5. The van der Waals surface area contributed by atoms with Gasteiger partial charge in [-0.05, 0) is 0 Å². The predicted octanol–water partition coefficient (Wildman–Crippen LogP) is -0.433. The van der Waals surface area contributed by atoms with Crippen molar-refractivity contribution in [3.63, 3.8) is 0 Å². The van der Waals surface area contributed by atoms with Crippen LogP contribution >= 0.6 is 11.3 Å². The van der Waals surface area contributed by atoms with Crippen molar-refractivity contribution >= 4 is 22.2 Å². The molecule has 1 amide bonds. The number of nitrogens with one attached hydrogen (secondary N) is 1. The topological polar surface area (TPSA) is 84.7 Å². The zero-order valence-corrected chi connectivity index (χ0v) is 12.5. The van der Waals surface area contributed by atoms with Gasteiger partial charge in [0.25, 0.3) is 0 Å². The van der Waals surface area contributed by atoms with Crippen molar-refractivity contribution in [2.75, 3.05) is 39.4 Å². The molecule has 3 heterocycles. The number of aromatic nitrogens is 4. The zero-order valence-electron chi connectivity index (χ0n) is 11.7. The average Bonchev–Trinajstić information content (AvgIpc) is 3.07. The smallest absolute Gasteiger partial charge is 0.234 e. The number of fused-ring (bicyclic) bond motifs is 1. The van der Waals surface area contributed by atoms with E-state index in [1.165, 1.54) is 11.3 Å². The molecular formula is C12H18N6O2S. The summed E-state index contributed by atoms with van der Waals surface area (Å²) in [7, 11) is 0. The number of carbonyl (C=O) groups is 1. The molecule has 2 aromatic heterocycles. The second kappa shape index (κ2) is 6.92. The summed E-state index contributed by atoms with van der Waals surface area (Å²) in [6.07, 6.45) is 2.66. The number of hydrogen-bond acceptors (Lipinski definition) is 7. The molecule has 1 N–H and O–H groups in total. The summed E-state index contributed by atoms with van der Waals surface area (Å²) in [6, 6.07) is 0. The predicted molar refractivity (Wildman–Crippen MR) is 77.2 cm³/mol. The number of aryl methyl sites for hydroxylation is 1. The standard InChI is InChI=1S/C12H18N6O2S/c19-10(13-3-4-17-5-7-20-8-6-17)1-2-11-16-18-9-14-15-12(18)21-11/h9H,1-8H2,(H,13,19). The highest BCUT2D eigenvalue weighted by Crippen LogP contribution is 2.13. The van der Waals surface area contributed by atoms with Gasteiger partial charge in [-0.25, -0.2) is 0 Å². The van der Waals surface area contributed by atoms with Gasteiger partial charge in [0.2, 0.25) is 10.9 Å². The quantitative estimate of drug-likeness (QED) is 0.779. The van der Waals surface area contributed by atoms with Gasteiger partial charge in [-0.3, -0.25) is 9.69 Å². The molecule has 0 atom stereocenters. The second-order valence-electron chi connectivity index (χ2n) is 4.86. The minimum Gasteiger partial charge on any atom is -0.379 e. The van der Waals surface area contributed by atoms with Gasteiger partial charge < -0.3 is 10.1 Å². The van der Waals surface area contributed by atoms with Crippen LogP contribution in [0.5, 0.6) is 0 Å². The number of hydrogen-bond donors (Lipinski definition) is 1. The molecule has 9 heteroatoms. The normalized spacial score (nSPS) is 16.4. The Balaban J connectivity index is 1.35. The van der Waals surface area contributed by atoms with E-state index in [0.29, 0.717) is 19.4 Å². The summed E-state index contributed by atoms with van der Waals surface area (Å²) in [5.41, 5.74) is 0. The van der Waals surface area contributed by atoms with Gasteiger partial charge in [-0.2, -0.15) is 9.61 Å². The Morgan fingerprint density at radius 1 is 1.43 bits per heavy atom. The first-order valence-electron chi connectivity index (χ1n) is 7.04. The van der Waals surface area contributed by atoms with Gasteiger partial charge >= 0.3 is 0 Å². The van der Waals surface area contributed by atoms with Gasteiger partial charge in [-0.15, -0.1) is 10.2 Å². The minimum atomic E-state index is 0.0641. The fourth-order valence-electron chi connectivity index (χ4n) is 2.19. The van der Waals surface area contributed by atoms with Crippen LogP contribution in [0.4, 0.5) is 0 Å². The molecule has 3 rings (SSSR count). The monoisotopic (exact) mass is 310 g/mol. The lowest BCUT2D eigenvalue weighted by molar-refractivity contribution is -0.121. The maximum atomic E-state index is 11.8. The summed E-state index contributed by atoms with van der Waals surface area (Å²) in [5, 5.41) is 15.8. The molecule has 0 bridgehead atoms. The van der Waals surface area contributed by atoms with Crippen molar-refractivity contribution in [3.05, 3.63) is 11.3 Å². The van der Waals surface area contributed by atoms with Gasteiger partial charge in [0.05, 0.1) is 13.2 Å². The third kappa shape index (κ3) is 3.96. The maximum absolute atomic E-state index is 11.8. The molecule has 114 valence electrons. The molecule has 0 radical (unpaired) electrons. The lowest BCUT2D eigenvalue weighted by atomic mass is 10.3. The lowest BCUT2D eigenvalue weighted by Gasteiger charge is -2.26. The fourth-order valence-corrected chi connectivity index (χ4v) is 3.00. The van der Waals surface area contributed by atoms with E-state index in [2.05, 4.69) is 25.5 Å². The minimum absolute atomic E-state index is 0.0641. The molecule has 0 aliphatic carbocycles. The Bertz CT molecular complexity index is 563. The molecule has 1 saturated heterocycles. The van der Waals surface area contributed by atoms with Crippen molar-refractivity contribution in [2.24, 2.45) is 0 Å². The van der Waals surface area contributed by atoms with Crippen LogP contribution in [0.3, 0.4) is 0 Å². The van der Waals surface area contributed by atoms with Crippen molar-refractivity contribution in [1.29, 1.82) is 0 Å². The highest BCUT2D eigenvalue weighted by atomic mass is 32.1. The van der Waals surface area contributed by atoms with Crippen LogP contribution < -0.4 is 5.32 Å². The number of morpholine rings is 1. The molecule has 0 aromatic carbocycles. The maximum Gasteiger partial charge on any atom is 0.234 e. The van der Waals surface area contributed by atoms with E-state index in [1.807, 2.05) is 0 Å². The van der Waals surface area contributed by atoms with E-state index in [1.54, 1.807) is 10.8 Å². The summed E-state index contributed by atoms with van der Waals surface area (Å²) in [5.74, 6) is 0.0641. The van der Waals surface area contributed by atoms with Crippen molar-refractivity contribution in [1.82, 2.24) is 30.0 Å². The molecule has 0 saturated carbocycles. The Hall–Kier alpha value is -1.58. The lowest BCUT2D eigenvalue weighted by Crippen LogP contribution is -2.41. The summed E-state index contributed by atoms with van der Waals surface area (Å²) in [4.78, 5) is 14.9. The Kier molecular flexibility index (Phi) is 4.73. The summed E-state index contributed by atoms with van der Waals surface area (Å²) in [6.45, 7) is 5.03. The molecule has 0 unspecified atom stereocenters. The number of rotatable bonds is 6. The van der Waals surface area contributed by atoms with Crippen molar-refractivity contribution in [3.8, 4) is 0 Å². The molecule has 0 spiro atoms. The van der Waals surface area contributed by atoms with E-state index >= 15 is 0 Å². The highest BCUT2D eigenvalue weighted by Gasteiger charge is 2.11. The van der Waals surface area contributed by atoms with E-state index in [9.17, 15) is 4.79 Å². The van der Waals surface area contributed by atoms with Crippen LogP contribution in [0.15, 0.2) is 6.33 Å². The first kappa shape index (κ1) is 14.4. The number of carbonyl (C=O) groups excluding carboxylic acids is 1. The van der Waals surface area contributed by atoms with Crippen LogP contribution in [0.2, 0.25) is 0 Å². The van der Waals surface area contributed by atoms with E-state index in [0.717, 1.165) is 42.8 Å². The van der Waals surface area contributed by atoms with Gasteiger partial charge in [0.1, 0.15) is 11.3 Å². The van der Waals surface area contributed by atoms with Crippen LogP contribution in [0.25, 0.3) is 4.96 Å². The fraction of sp³-hybridized carbons (Fsp3) is 0.667. The molecule has 1 aliphatic rings.